The number of piperidine rings is 1. The molecule has 7 heteroatoms. The Balaban J connectivity index is 1.77. The van der Waals surface area contributed by atoms with Crippen molar-refractivity contribution in [3.8, 4) is 11.3 Å². The van der Waals surface area contributed by atoms with E-state index in [2.05, 4.69) is 20.4 Å². The number of hydrogen-bond donors (Lipinski definition) is 2. The normalized spacial score (nSPS) is 17.5. The zero-order valence-electron chi connectivity index (χ0n) is 16.1. The molecule has 7 nitrogen and oxygen atoms in total. The van der Waals surface area contributed by atoms with Gasteiger partial charge < -0.3 is 15.4 Å². The van der Waals surface area contributed by atoms with Crippen molar-refractivity contribution in [1.29, 1.82) is 0 Å². The number of nitrogens with zero attached hydrogens (tertiary/aromatic N) is 3. The molecule has 1 aromatic carbocycles. The molecule has 3 N–H and O–H groups in total. The Morgan fingerprint density at radius 3 is 2.67 bits per heavy atom. The van der Waals surface area contributed by atoms with E-state index in [0.29, 0.717) is 11.4 Å². The maximum absolute atomic E-state index is 12.1. The molecule has 144 valence electrons. The van der Waals surface area contributed by atoms with Crippen LogP contribution in [0.2, 0.25) is 0 Å². The van der Waals surface area contributed by atoms with Crippen molar-refractivity contribution >= 4 is 17.6 Å². The Hall–Kier alpha value is -2.67. The van der Waals surface area contributed by atoms with E-state index in [-0.39, 0.29) is 6.04 Å². The summed E-state index contributed by atoms with van der Waals surface area (Å²) in [7, 11) is 0. The number of benzene rings is 1. The van der Waals surface area contributed by atoms with Crippen LogP contribution in [-0.2, 0) is 4.74 Å². The summed E-state index contributed by atoms with van der Waals surface area (Å²) in [6.45, 7) is 7.23. The smallest absolute Gasteiger partial charge is 0.412 e. The van der Waals surface area contributed by atoms with E-state index in [0.717, 1.165) is 37.3 Å². The zero-order chi connectivity index (χ0) is 19.4. The van der Waals surface area contributed by atoms with Gasteiger partial charge in [-0.15, -0.1) is 10.2 Å². The average molecular weight is 369 g/mol. The third-order valence-corrected chi connectivity index (χ3v) is 4.27. The molecule has 2 heterocycles. The lowest BCUT2D eigenvalue weighted by Crippen LogP contribution is -2.43. The van der Waals surface area contributed by atoms with Gasteiger partial charge >= 0.3 is 6.09 Å². The van der Waals surface area contributed by atoms with Crippen molar-refractivity contribution in [2.24, 2.45) is 5.73 Å². The van der Waals surface area contributed by atoms with Crippen molar-refractivity contribution in [2.75, 3.05) is 23.3 Å². The number of amides is 1. The highest BCUT2D eigenvalue weighted by atomic mass is 16.6. The lowest BCUT2D eigenvalue weighted by atomic mass is 10.1. The summed E-state index contributed by atoms with van der Waals surface area (Å²) in [5, 5.41) is 11.5. The van der Waals surface area contributed by atoms with Gasteiger partial charge in [0.25, 0.3) is 0 Å². The van der Waals surface area contributed by atoms with E-state index in [9.17, 15) is 4.79 Å². The molecule has 0 radical (unpaired) electrons. The van der Waals surface area contributed by atoms with E-state index >= 15 is 0 Å². The number of hydrogen-bond acceptors (Lipinski definition) is 6. The van der Waals surface area contributed by atoms with Crippen LogP contribution in [0.4, 0.5) is 16.3 Å². The maximum Gasteiger partial charge on any atom is 0.412 e. The van der Waals surface area contributed by atoms with Crippen molar-refractivity contribution < 1.29 is 9.53 Å². The van der Waals surface area contributed by atoms with Crippen LogP contribution < -0.4 is 16.0 Å². The summed E-state index contributed by atoms with van der Waals surface area (Å²) in [5.74, 6) is 0.825. The molecule has 2 aromatic rings. The Morgan fingerprint density at radius 1 is 1.22 bits per heavy atom. The SMILES string of the molecule is CC(C)(C)OC(=O)Nc1ccccc1-c1ccc(N2CCCC(N)C2)nn1. The number of nitrogens with two attached hydrogens (primary N) is 1. The van der Waals surface area contributed by atoms with Gasteiger partial charge in [-0.05, 0) is 51.8 Å². The van der Waals surface area contributed by atoms with Crippen molar-refractivity contribution in [2.45, 2.75) is 45.3 Å². The van der Waals surface area contributed by atoms with Crippen LogP contribution in [0.25, 0.3) is 11.3 Å². The van der Waals surface area contributed by atoms with Crippen LogP contribution in [0.1, 0.15) is 33.6 Å². The fourth-order valence-corrected chi connectivity index (χ4v) is 3.08. The topological polar surface area (TPSA) is 93.4 Å². The first kappa shape index (κ1) is 19.1. The minimum atomic E-state index is -0.560. The summed E-state index contributed by atoms with van der Waals surface area (Å²) in [4.78, 5) is 14.3. The lowest BCUT2D eigenvalue weighted by molar-refractivity contribution is 0.0636. The molecular formula is C20H27N5O2. The van der Waals surface area contributed by atoms with Gasteiger partial charge in [0, 0.05) is 24.7 Å². The van der Waals surface area contributed by atoms with Gasteiger partial charge in [0.2, 0.25) is 0 Å². The predicted octanol–water partition coefficient (Wildman–Crippen LogP) is 3.42. The standard InChI is InChI=1S/C20H27N5O2/c1-20(2,3)27-19(26)22-16-9-5-4-8-15(16)17-10-11-18(24-23-17)25-12-6-7-14(21)13-25/h4-5,8-11,14H,6-7,12-13,21H2,1-3H3,(H,22,26). The molecule has 1 aliphatic rings. The second kappa shape index (κ2) is 7.92. The third kappa shape index (κ3) is 5.17. The highest BCUT2D eigenvalue weighted by molar-refractivity contribution is 5.91. The average Bonchev–Trinajstić information content (AvgIpc) is 2.61. The number of para-hydroxylation sites is 1. The van der Waals surface area contributed by atoms with E-state index in [1.54, 1.807) is 0 Å². The van der Waals surface area contributed by atoms with Gasteiger partial charge in [0.1, 0.15) is 5.60 Å². The second-order valence-electron chi connectivity index (χ2n) is 7.80. The summed E-state index contributed by atoms with van der Waals surface area (Å²) >= 11 is 0. The number of ether oxygens (including phenoxy) is 1. The van der Waals surface area contributed by atoms with Crippen LogP contribution in [0, 0.1) is 0 Å². The molecule has 1 atom stereocenters. The highest BCUT2D eigenvalue weighted by Crippen LogP contribution is 2.27. The maximum atomic E-state index is 12.1. The summed E-state index contributed by atoms with van der Waals surface area (Å²) in [6.07, 6.45) is 1.61. The quantitative estimate of drug-likeness (QED) is 0.861. The second-order valence-corrected chi connectivity index (χ2v) is 7.80. The number of anilines is 2. The Kier molecular flexibility index (Phi) is 5.60. The Labute approximate surface area is 159 Å². The van der Waals surface area contributed by atoms with Gasteiger partial charge in [-0.1, -0.05) is 18.2 Å². The third-order valence-electron chi connectivity index (χ3n) is 4.27. The predicted molar refractivity (Wildman–Crippen MR) is 107 cm³/mol. The Bertz CT molecular complexity index is 786. The molecule has 1 aliphatic heterocycles. The molecule has 3 rings (SSSR count). The molecule has 1 aromatic heterocycles. The molecule has 1 saturated heterocycles. The fraction of sp³-hybridized carbons (Fsp3) is 0.450. The molecule has 1 fully saturated rings. The number of carbonyl (C=O) groups excluding carboxylic acids is 1. The van der Waals surface area contributed by atoms with Gasteiger partial charge in [-0.2, -0.15) is 0 Å². The molecule has 0 spiro atoms. The van der Waals surface area contributed by atoms with E-state index in [1.807, 2.05) is 57.2 Å². The first-order valence-corrected chi connectivity index (χ1v) is 9.25. The minimum absolute atomic E-state index is 0.180. The van der Waals surface area contributed by atoms with Crippen molar-refractivity contribution in [1.82, 2.24) is 10.2 Å². The van der Waals surface area contributed by atoms with Crippen LogP contribution in [0.15, 0.2) is 36.4 Å². The Morgan fingerprint density at radius 2 is 2.00 bits per heavy atom. The van der Waals surface area contributed by atoms with E-state index < -0.39 is 11.7 Å². The molecule has 0 bridgehead atoms. The first-order chi connectivity index (χ1) is 12.8. The molecule has 27 heavy (non-hydrogen) atoms. The van der Waals surface area contributed by atoms with Crippen molar-refractivity contribution in [3.63, 3.8) is 0 Å². The summed E-state index contributed by atoms with van der Waals surface area (Å²) < 4.78 is 5.34. The van der Waals surface area contributed by atoms with E-state index in [1.165, 1.54) is 0 Å². The molecule has 0 saturated carbocycles. The zero-order valence-corrected chi connectivity index (χ0v) is 16.1. The highest BCUT2D eigenvalue weighted by Gasteiger charge is 2.20. The van der Waals surface area contributed by atoms with Crippen LogP contribution in [0.3, 0.4) is 0 Å². The number of rotatable bonds is 3. The largest absolute Gasteiger partial charge is 0.444 e. The number of carbonyl (C=O) groups is 1. The number of nitrogens with one attached hydrogen (secondary N) is 1. The van der Waals surface area contributed by atoms with Crippen LogP contribution >= 0.6 is 0 Å². The number of aromatic nitrogens is 2. The molecule has 0 aliphatic carbocycles. The van der Waals surface area contributed by atoms with Gasteiger partial charge in [0.05, 0.1) is 11.4 Å². The van der Waals surface area contributed by atoms with Crippen molar-refractivity contribution in [3.05, 3.63) is 36.4 Å². The van der Waals surface area contributed by atoms with Gasteiger partial charge in [-0.3, -0.25) is 5.32 Å². The van der Waals surface area contributed by atoms with Gasteiger partial charge in [0.15, 0.2) is 5.82 Å². The molecule has 1 amide bonds. The monoisotopic (exact) mass is 369 g/mol. The molecular weight excluding hydrogens is 342 g/mol. The summed E-state index contributed by atoms with van der Waals surface area (Å²) in [5.41, 5.74) is 7.60. The van der Waals surface area contributed by atoms with E-state index in [4.69, 9.17) is 10.5 Å². The van der Waals surface area contributed by atoms with Crippen LogP contribution in [0.5, 0.6) is 0 Å². The minimum Gasteiger partial charge on any atom is -0.444 e. The first-order valence-electron chi connectivity index (χ1n) is 9.25. The van der Waals surface area contributed by atoms with Crippen LogP contribution in [-0.4, -0.2) is 41.0 Å². The lowest BCUT2D eigenvalue weighted by Gasteiger charge is -2.31. The fourth-order valence-electron chi connectivity index (χ4n) is 3.08. The summed E-state index contributed by atoms with van der Waals surface area (Å²) in [6, 6.07) is 11.5. The molecule has 1 unspecified atom stereocenters. The van der Waals surface area contributed by atoms with Gasteiger partial charge in [-0.25, -0.2) is 4.79 Å².